The Hall–Kier alpha value is -1.68. The summed E-state index contributed by atoms with van der Waals surface area (Å²) in [7, 11) is 0. The van der Waals surface area contributed by atoms with Crippen molar-refractivity contribution < 1.29 is 13.9 Å². The molecule has 0 atom stereocenters. The van der Waals surface area contributed by atoms with Gasteiger partial charge in [0.1, 0.15) is 11.6 Å². The van der Waals surface area contributed by atoms with Gasteiger partial charge in [-0.25, -0.2) is 4.39 Å². The molecule has 0 unspecified atom stereocenters. The van der Waals surface area contributed by atoms with Crippen LogP contribution in [0.4, 0.5) is 10.3 Å². The van der Waals surface area contributed by atoms with Crippen molar-refractivity contribution >= 4 is 17.5 Å². The third-order valence-corrected chi connectivity index (χ3v) is 3.34. The molecule has 102 valence electrons. The third-order valence-electron chi connectivity index (χ3n) is 2.96. The van der Waals surface area contributed by atoms with Crippen molar-refractivity contribution in [1.29, 1.82) is 0 Å². The van der Waals surface area contributed by atoms with E-state index in [9.17, 15) is 9.50 Å². The molecule has 0 fully saturated rings. The van der Waals surface area contributed by atoms with Gasteiger partial charge in [0.05, 0.1) is 10.6 Å². The number of nitrogen functional groups attached to an aromatic ring is 1. The van der Waals surface area contributed by atoms with Crippen LogP contribution in [0.2, 0.25) is 5.02 Å². The lowest BCUT2D eigenvalue weighted by atomic mass is 10.1. The first-order chi connectivity index (χ1) is 9.06. The molecule has 2 rings (SSSR count). The van der Waals surface area contributed by atoms with Gasteiger partial charge in [0.15, 0.2) is 5.75 Å². The van der Waals surface area contributed by atoms with Gasteiger partial charge < -0.3 is 15.3 Å². The smallest absolute Gasteiger partial charge is 0.202 e. The summed E-state index contributed by atoms with van der Waals surface area (Å²) in [4.78, 5) is 0. The number of halogens is 2. The lowest BCUT2D eigenvalue weighted by Crippen LogP contribution is -1.88. The van der Waals surface area contributed by atoms with E-state index in [-0.39, 0.29) is 22.2 Å². The van der Waals surface area contributed by atoms with Gasteiger partial charge in [-0.2, -0.15) is 0 Å². The van der Waals surface area contributed by atoms with Gasteiger partial charge >= 0.3 is 0 Å². The number of furan rings is 1. The van der Waals surface area contributed by atoms with Crippen molar-refractivity contribution in [2.45, 2.75) is 26.2 Å². The van der Waals surface area contributed by atoms with E-state index < -0.39 is 5.82 Å². The number of rotatable bonds is 4. The second kappa shape index (κ2) is 5.53. The molecule has 5 heteroatoms. The highest BCUT2D eigenvalue weighted by atomic mass is 35.5. The van der Waals surface area contributed by atoms with Gasteiger partial charge in [-0.05, 0) is 12.5 Å². The Morgan fingerprint density at radius 3 is 2.84 bits per heavy atom. The minimum atomic E-state index is -0.561. The van der Waals surface area contributed by atoms with Crippen molar-refractivity contribution in [3.05, 3.63) is 34.8 Å². The van der Waals surface area contributed by atoms with Crippen LogP contribution >= 0.6 is 11.6 Å². The van der Waals surface area contributed by atoms with E-state index in [0.717, 1.165) is 12.8 Å². The first-order valence-corrected chi connectivity index (χ1v) is 6.48. The zero-order valence-corrected chi connectivity index (χ0v) is 11.3. The minimum Gasteiger partial charge on any atom is -0.504 e. The largest absolute Gasteiger partial charge is 0.504 e. The molecular weight excluding hydrogens is 269 g/mol. The molecule has 3 N–H and O–H groups in total. The Morgan fingerprint density at radius 2 is 2.16 bits per heavy atom. The molecule has 0 aliphatic heterocycles. The Balaban J connectivity index is 2.50. The van der Waals surface area contributed by atoms with Crippen LogP contribution in [0.5, 0.6) is 5.75 Å². The summed E-state index contributed by atoms with van der Waals surface area (Å²) < 4.78 is 18.8. The molecule has 0 aliphatic carbocycles. The maximum Gasteiger partial charge on any atom is 0.202 e. The molecule has 1 aromatic heterocycles. The highest BCUT2D eigenvalue weighted by Crippen LogP contribution is 2.43. The first-order valence-electron chi connectivity index (χ1n) is 6.10. The van der Waals surface area contributed by atoms with E-state index >= 15 is 0 Å². The topological polar surface area (TPSA) is 59.4 Å². The number of aromatic hydroxyl groups is 1. The summed E-state index contributed by atoms with van der Waals surface area (Å²) in [6.45, 7) is 2.04. The molecule has 1 heterocycles. The fourth-order valence-corrected chi connectivity index (χ4v) is 2.17. The summed E-state index contributed by atoms with van der Waals surface area (Å²) in [5.74, 6) is -0.154. The zero-order valence-electron chi connectivity index (χ0n) is 10.5. The average Bonchev–Trinajstić information content (AvgIpc) is 2.66. The van der Waals surface area contributed by atoms with Crippen LogP contribution in [0, 0.1) is 5.82 Å². The third kappa shape index (κ3) is 2.54. The highest BCUT2D eigenvalue weighted by molar-refractivity contribution is 6.33. The predicted octanol–water partition coefficient (Wildman–Crippen LogP) is 4.37. The van der Waals surface area contributed by atoms with Gasteiger partial charge in [0.2, 0.25) is 5.88 Å². The summed E-state index contributed by atoms with van der Waals surface area (Å²) in [5, 5.41) is 10.1. The fourth-order valence-electron chi connectivity index (χ4n) is 1.95. The van der Waals surface area contributed by atoms with Crippen LogP contribution in [-0.4, -0.2) is 5.11 Å². The molecule has 1 aromatic carbocycles. The van der Waals surface area contributed by atoms with Gasteiger partial charge in [-0.1, -0.05) is 37.1 Å². The molecule has 0 saturated heterocycles. The number of unbranched alkanes of at least 4 members (excludes halogenated alkanes) is 1. The van der Waals surface area contributed by atoms with E-state index in [1.54, 1.807) is 6.07 Å². The quantitative estimate of drug-likeness (QED) is 0.876. The standard InChI is InChI=1S/C14H15ClFNO2/c1-2-3-7-10-13(18)11(14(17)19-10)8-5-4-6-9(16)12(8)15/h4-6,18H,2-3,7,17H2,1H3. The maximum atomic E-state index is 13.5. The Morgan fingerprint density at radius 1 is 1.42 bits per heavy atom. The first kappa shape index (κ1) is 13.7. The fraction of sp³-hybridized carbons (Fsp3) is 0.286. The van der Waals surface area contributed by atoms with E-state index in [0.29, 0.717) is 17.7 Å². The van der Waals surface area contributed by atoms with Crippen LogP contribution in [0.1, 0.15) is 25.5 Å². The Labute approximate surface area is 115 Å². The lowest BCUT2D eigenvalue weighted by Gasteiger charge is -2.04. The molecule has 0 spiro atoms. The van der Waals surface area contributed by atoms with Crippen molar-refractivity contribution in [2.24, 2.45) is 0 Å². The number of aryl methyl sites for hydroxylation is 1. The number of hydrogen-bond donors (Lipinski definition) is 2. The SMILES string of the molecule is CCCCc1oc(N)c(-c2cccc(F)c2Cl)c1O. The van der Waals surface area contributed by atoms with E-state index in [4.69, 9.17) is 21.8 Å². The molecule has 0 radical (unpaired) electrons. The van der Waals surface area contributed by atoms with Crippen molar-refractivity contribution in [3.63, 3.8) is 0 Å². The van der Waals surface area contributed by atoms with Gasteiger partial charge in [0.25, 0.3) is 0 Å². The second-order valence-electron chi connectivity index (χ2n) is 4.32. The normalized spacial score (nSPS) is 10.9. The lowest BCUT2D eigenvalue weighted by molar-refractivity contribution is 0.432. The summed E-state index contributed by atoms with van der Waals surface area (Å²) in [5.41, 5.74) is 6.35. The average molecular weight is 284 g/mol. The van der Waals surface area contributed by atoms with Crippen molar-refractivity contribution in [3.8, 4) is 16.9 Å². The van der Waals surface area contributed by atoms with E-state index in [2.05, 4.69) is 0 Å². The second-order valence-corrected chi connectivity index (χ2v) is 4.70. The molecule has 2 aromatic rings. The molecule has 3 nitrogen and oxygen atoms in total. The van der Waals surface area contributed by atoms with Gasteiger partial charge in [-0.15, -0.1) is 0 Å². The van der Waals surface area contributed by atoms with Gasteiger partial charge in [-0.3, -0.25) is 0 Å². The monoisotopic (exact) mass is 283 g/mol. The van der Waals surface area contributed by atoms with Crippen LogP contribution in [0.25, 0.3) is 11.1 Å². The highest BCUT2D eigenvalue weighted by Gasteiger charge is 2.22. The number of hydrogen-bond acceptors (Lipinski definition) is 3. The summed E-state index contributed by atoms with van der Waals surface area (Å²) in [6, 6.07) is 4.35. The predicted molar refractivity (Wildman–Crippen MR) is 73.8 cm³/mol. The zero-order chi connectivity index (χ0) is 14.0. The molecular formula is C14H15ClFNO2. The van der Waals surface area contributed by atoms with Crippen LogP contribution in [0.15, 0.2) is 22.6 Å². The van der Waals surface area contributed by atoms with Crippen LogP contribution in [-0.2, 0) is 6.42 Å². The van der Waals surface area contributed by atoms with Crippen LogP contribution < -0.4 is 5.73 Å². The Bertz CT molecular complexity index is 595. The summed E-state index contributed by atoms with van der Waals surface area (Å²) >= 11 is 5.90. The summed E-state index contributed by atoms with van der Waals surface area (Å²) in [6.07, 6.45) is 2.42. The minimum absolute atomic E-state index is 0.0519. The molecule has 0 aliphatic rings. The number of anilines is 1. The van der Waals surface area contributed by atoms with Crippen molar-refractivity contribution in [2.75, 3.05) is 5.73 Å². The van der Waals surface area contributed by atoms with Gasteiger partial charge in [0, 0.05) is 12.0 Å². The molecule has 0 amide bonds. The van der Waals surface area contributed by atoms with Crippen molar-refractivity contribution in [1.82, 2.24) is 0 Å². The molecule has 0 saturated carbocycles. The van der Waals surface area contributed by atoms with E-state index in [1.165, 1.54) is 12.1 Å². The van der Waals surface area contributed by atoms with E-state index in [1.807, 2.05) is 6.92 Å². The number of nitrogens with two attached hydrogens (primary N) is 1. The number of benzene rings is 1. The molecule has 0 bridgehead atoms. The maximum absolute atomic E-state index is 13.5. The Kier molecular flexibility index (Phi) is 4.00. The molecule has 19 heavy (non-hydrogen) atoms. The van der Waals surface area contributed by atoms with Crippen LogP contribution in [0.3, 0.4) is 0 Å².